The molecule has 0 aromatic heterocycles. The number of aliphatic carboxylic acids is 3. The second-order valence-corrected chi connectivity index (χ2v) is 19.1. The average molecular weight is 1160 g/mol. The molecule has 0 radical (unpaired) electrons. The molecule has 0 aliphatic carbocycles. The van der Waals surface area contributed by atoms with Crippen LogP contribution in [0.1, 0.15) is 20.8 Å². The van der Waals surface area contributed by atoms with E-state index in [-0.39, 0.29) is 0 Å². The lowest BCUT2D eigenvalue weighted by molar-refractivity contribution is -0.377. The summed E-state index contributed by atoms with van der Waals surface area (Å²) < 4.78 is 61.2. The smallest absolute Gasteiger partial charge is 0.335 e. The van der Waals surface area contributed by atoms with Crippen molar-refractivity contribution in [2.75, 3.05) is 19.8 Å². The Labute approximate surface area is 443 Å². The molecule has 452 valence electrons. The van der Waals surface area contributed by atoms with E-state index in [1.807, 2.05) is 0 Å². The first kappa shape index (κ1) is 64.0. The summed E-state index contributed by atoms with van der Waals surface area (Å²) >= 11 is 0. The third kappa shape index (κ3) is 13.8. The van der Waals surface area contributed by atoms with Gasteiger partial charge in [-0.25, -0.2) is 14.4 Å². The first-order valence-electron chi connectivity index (χ1n) is 24.1. The third-order valence-electron chi connectivity index (χ3n) is 13.5. The number of aliphatic hydroxyl groups excluding tert-OH is 14. The van der Waals surface area contributed by atoms with Crippen LogP contribution in [0.5, 0.6) is 0 Å². The van der Waals surface area contributed by atoms with Crippen LogP contribution in [0.3, 0.4) is 0 Å². The number of hydrogen-bond acceptors (Lipinski definition) is 31. The van der Waals surface area contributed by atoms with Crippen molar-refractivity contribution in [2.45, 2.75) is 205 Å². The van der Waals surface area contributed by atoms with Gasteiger partial charge in [0.2, 0.25) is 17.7 Å². The van der Waals surface area contributed by atoms with Gasteiger partial charge in [-0.15, -0.1) is 0 Å². The number of carbonyl (C=O) groups is 6. The van der Waals surface area contributed by atoms with Gasteiger partial charge in [0.25, 0.3) is 0 Å². The molecular weight excluding hydrogens is 1090 g/mol. The van der Waals surface area contributed by atoms with Crippen LogP contribution in [-0.4, -0.2) is 326 Å². The second kappa shape index (κ2) is 26.8. The number of carboxylic acid groups (broad SMARTS) is 3. The molecular formula is C42H65N3O34. The summed E-state index contributed by atoms with van der Waals surface area (Å²) in [6, 6.07) is -5.60. The Kier molecular flexibility index (Phi) is 21.7. The van der Waals surface area contributed by atoms with Crippen molar-refractivity contribution in [3.8, 4) is 0 Å². The van der Waals surface area contributed by atoms with Crippen LogP contribution in [0.25, 0.3) is 0 Å². The fraction of sp³-hybridized carbons (Fsp3) is 0.857. The molecule has 20 N–H and O–H groups in total. The number of amides is 3. The Hall–Kier alpha value is -4.18. The van der Waals surface area contributed by atoms with Crippen LogP contribution >= 0.6 is 0 Å². The number of rotatable bonds is 19. The molecule has 6 rings (SSSR count). The highest BCUT2D eigenvalue weighted by Crippen LogP contribution is 2.37. The maximum Gasteiger partial charge on any atom is 0.335 e. The summed E-state index contributed by atoms with van der Waals surface area (Å²) in [5.41, 5.74) is 0. The number of hydrogen-bond donors (Lipinski definition) is 20. The number of ether oxygens (including phenoxy) is 11. The molecule has 0 aromatic rings. The van der Waals surface area contributed by atoms with E-state index in [9.17, 15) is 116 Å². The molecule has 0 bridgehead atoms. The Morgan fingerprint density at radius 1 is 0.342 bits per heavy atom. The number of carboxylic acids is 3. The number of nitrogens with one attached hydrogen (secondary N) is 3. The number of carbonyl (C=O) groups excluding carboxylic acids is 3. The van der Waals surface area contributed by atoms with Gasteiger partial charge in [0.1, 0.15) is 128 Å². The van der Waals surface area contributed by atoms with Crippen LogP contribution in [0, 0.1) is 0 Å². The largest absolute Gasteiger partial charge is 0.479 e. The fourth-order valence-corrected chi connectivity index (χ4v) is 9.64. The topological polar surface area (TPSA) is 584 Å². The minimum atomic E-state index is -2.52. The molecule has 0 spiro atoms. The fourth-order valence-electron chi connectivity index (χ4n) is 9.64. The second-order valence-electron chi connectivity index (χ2n) is 19.1. The third-order valence-corrected chi connectivity index (χ3v) is 13.5. The molecule has 37 heteroatoms. The molecule has 0 saturated carbocycles. The highest BCUT2D eigenvalue weighted by Gasteiger charge is 2.60. The molecule has 6 heterocycles. The highest BCUT2D eigenvalue weighted by molar-refractivity contribution is 5.75. The average Bonchev–Trinajstić information content (AvgIpc) is 3.45. The van der Waals surface area contributed by atoms with Crippen molar-refractivity contribution in [1.29, 1.82) is 0 Å². The molecule has 6 aliphatic rings. The molecule has 6 saturated heterocycles. The summed E-state index contributed by atoms with van der Waals surface area (Å²) in [6.45, 7) is -0.408. The minimum absolute atomic E-state index is 0.806. The van der Waals surface area contributed by atoms with Crippen LogP contribution in [0.2, 0.25) is 0 Å². The predicted octanol–water partition coefficient (Wildman–Crippen LogP) is -13.4. The summed E-state index contributed by atoms with van der Waals surface area (Å²) in [5.74, 6) is -8.58. The van der Waals surface area contributed by atoms with E-state index in [2.05, 4.69) is 16.0 Å². The van der Waals surface area contributed by atoms with E-state index in [1.165, 1.54) is 0 Å². The minimum Gasteiger partial charge on any atom is -0.479 e. The normalized spacial score (nSPS) is 46.6. The Balaban J connectivity index is 1.25. The van der Waals surface area contributed by atoms with E-state index < -0.39 is 239 Å². The Bertz CT molecular complexity index is 2120. The SMILES string of the molecule is CC(=O)N[C@H]1[C@H](O[C@H]2[C@H](O)[C@@H](O)[C@H](O[C@H]3[C@H](O)[C@@H](CO)O[C@@H](O[C@H]4[C@H](O)[C@@H](O)[C@H](O[C@H]5[C@H](O)[C@@H](CO)OC(O)[C@@H]5NC(C)=O)O[C@@H]4C(=O)O)[C@@H]3NC(C)=O)O[C@@H]2C(=O)O)O[C@H](CO)[C@@H](O)[C@@H]1O[C@@H]1O[C@H](C(=O)O)[C@@H](O)[C@H](O)[C@H]1O. The van der Waals surface area contributed by atoms with Crippen LogP contribution in [0.15, 0.2) is 0 Å². The molecule has 6 aliphatic heterocycles. The molecule has 37 nitrogen and oxygen atoms in total. The van der Waals surface area contributed by atoms with Crippen LogP contribution in [0.4, 0.5) is 0 Å². The van der Waals surface area contributed by atoms with Crippen molar-refractivity contribution in [3.05, 3.63) is 0 Å². The monoisotopic (exact) mass is 1160 g/mol. The highest BCUT2D eigenvalue weighted by atomic mass is 16.8. The lowest BCUT2D eigenvalue weighted by Crippen LogP contribution is -2.71. The van der Waals surface area contributed by atoms with Crippen molar-refractivity contribution in [2.24, 2.45) is 0 Å². The lowest BCUT2D eigenvalue weighted by Gasteiger charge is -2.50. The zero-order valence-electron chi connectivity index (χ0n) is 41.5. The van der Waals surface area contributed by atoms with E-state index in [0.717, 1.165) is 20.8 Å². The quantitative estimate of drug-likeness (QED) is 0.0571. The van der Waals surface area contributed by atoms with Crippen molar-refractivity contribution >= 4 is 35.6 Å². The van der Waals surface area contributed by atoms with Gasteiger partial charge in [-0.3, -0.25) is 14.4 Å². The predicted molar refractivity (Wildman–Crippen MR) is 236 cm³/mol. The summed E-state index contributed by atoms with van der Waals surface area (Å²) in [4.78, 5) is 74.7. The zero-order valence-corrected chi connectivity index (χ0v) is 41.5. The van der Waals surface area contributed by atoms with E-state index in [4.69, 9.17) is 52.1 Å². The lowest BCUT2D eigenvalue weighted by atomic mass is 9.93. The van der Waals surface area contributed by atoms with Crippen LogP contribution < -0.4 is 16.0 Å². The first-order chi connectivity index (χ1) is 37.1. The molecule has 79 heavy (non-hydrogen) atoms. The van der Waals surface area contributed by atoms with E-state index in [0.29, 0.717) is 0 Å². The van der Waals surface area contributed by atoms with Gasteiger partial charge in [-0.2, -0.15) is 0 Å². The Morgan fingerprint density at radius 2 is 0.633 bits per heavy atom. The zero-order chi connectivity index (χ0) is 58.8. The van der Waals surface area contributed by atoms with E-state index in [1.54, 1.807) is 0 Å². The van der Waals surface area contributed by atoms with Gasteiger partial charge >= 0.3 is 17.9 Å². The number of aliphatic hydroxyl groups is 14. The van der Waals surface area contributed by atoms with Gasteiger partial charge < -0.3 is 155 Å². The van der Waals surface area contributed by atoms with Crippen molar-refractivity contribution in [1.82, 2.24) is 16.0 Å². The van der Waals surface area contributed by atoms with Gasteiger partial charge in [-0.1, -0.05) is 0 Å². The molecule has 1 unspecified atom stereocenters. The van der Waals surface area contributed by atoms with Crippen molar-refractivity contribution < 1.29 is 168 Å². The Morgan fingerprint density at radius 3 is 0.962 bits per heavy atom. The first-order valence-corrected chi connectivity index (χ1v) is 24.1. The molecule has 3 amide bonds. The van der Waals surface area contributed by atoms with E-state index >= 15 is 0 Å². The maximum atomic E-state index is 12.9. The summed E-state index contributed by atoms with van der Waals surface area (Å²) in [7, 11) is 0. The van der Waals surface area contributed by atoms with Gasteiger partial charge in [0.15, 0.2) is 56.1 Å². The standard InChI is InChI=1S/C42H65N3O34/c1-7(49)43-13-26(16(52)10(4-46)69-37(13)68)72-41-24(60)21(57)29(32(78-41)35(64)65)75-39-15(45-9(3)51)28(18(54)12(6-48)71-39)74-42-25(61)22(58)30(33(79-42)36(66)67)76-38-14(44-8(2)50)27(17(53)11(5-47)70-38)73-40-23(59)19(55)20(56)31(77-40)34(62)63/h10-33,37-42,46-48,52-61,68H,4-6H2,1-3H3,(H,43,49)(H,44,50)(H,45,51)(H,62,63)(H,64,65)(H,66,67)/t10-,11-,12-,13-,14-,15-,16-,17-,18-,19+,20+,21-,22-,23-,24-,25-,26-,27-,28-,29+,30+,31+,32+,33+,37?,38+,39+,40-,41-,42-/m1/s1. The van der Waals surface area contributed by atoms with Gasteiger partial charge in [0.05, 0.1) is 19.8 Å². The van der Waals surface area contributed by atoms with Gasteiger partial charge in [0, 0.05) is 20.8 Å². The van der Waals surface area contributed by atoms with Crippen LogP contribution in [-0.2, 0) is 80.9 Å². The summed E-state index contributed by atoms with van der Waals surface area (Å²) in [6.07, 6.45) is -59.2. The van der Waals surface area contributed by atoms with Gasteiger partial charge in [-0.05, 0) is 0 Å². The van der Waals surface area contributed by atoms with Crippen molar-refractivity contribution in [3.63, 3.8) is 0 Å². The molecule has 0 aromatic carbocycles. The molecule has 30 atom stereocenters. The summed E-state index contributed by atoms with van der Waals surface area (Å²) in [5, 5.41) is 188. The maximum absolute atomic E-state index is 12.9. The molecule has 6 fully saturated rings.